The molecule has 5 atom stereocenters. The van der Waals surface area contributed by atoms with Crippen LogP contribution in [-0.4, -0.2) is 94.9 Å². The molecule has 2 heterocycles. The first-order chi connectivity index (χ1) is 19.7. The van der Waals surface area contributed by atoms with Crippen LogP contribution in [0.5, 0.6) is 28.7 Å². The average Bonchev–Trinajstić information content (AvgIpc) is 2.97. The van der Waals surface area contributed by atoms with Gasteiger partial charge in [-0.3, -0.25) is 4.79 Å². The van der Waals surface area contributed by atoms with Crippen molar-refractivity contribution in [2.75, 3.05) is 33.5 Å². The number of aromatic hydroxyl groups is 1. The van der Waals surface area contributed by atoms with E-state index in [-0.39, 0.29) is 65.3 Å². The highest BCUT2D eigenvalue weighted by Gasteiger charge is 2.44. The number of phenols is 1. The monoisotopic (exact) mass is 578 g/mol. The number of fused-ring (bicyclic) bond motifs is 1. The molecule has 0 bridgehead atoms. The van der Waals surface area contributed by atoms with Crippen LogP contribution in [0.3, 0.4) is 0 Å². The number of ether oxygens (including phenoxy) is 5. The molecule has 0 aliphatic carbocycles. The van der Waals surface area contributed by atoms with Gasteiger partial charge in [-0.1, -0.05) is 6.92 Å². The number of aliphatic hydroxyl groups is 5. The lowest BCUT2D eigenvalue weighted by Crippen LogP contribution is -2.60. The normalized spacial score (nSPS) is 22.5. The molecule has 13 nitrogen and oxygen atoms in total. The zero-order valence-corrected chi connectivity index (χ0v) is 22.6. The molecule has 0 radical (unpaired) electrons. The van der Waals surface area contributed by atoms with Gasteiger partial charge in [0.15, 0.2) is 17.3 Å². The molecule has 1 fully saturated rings. The SMILES string of the molecule is CCCOc1c(-c2ccc(OCCCO)c(O)c2)oc2cc(O[C@@H]3OC(CO)[C@@H](O)C(O)[C@@H]3O)cc(OC)c2c1=O. The molecule has 1 saturated heterocycles. The summed E-state index contributed by atoms with van der Waals surface area (Å²) in [6.07, 6.45) is -6.57. The van der Waals surface area contributed by atoms with Crippen molar-refractivity contribution < 1.29 is 58.7 Å². The van der Waals surface area contributed by atoms with Crippen molar-refractivity contribution in [2.24, 2.45) is 0 Å². The fourth-order valence-corrected chi connectivity index (χ4v) is 4.32. The molecule has 2 aromatic carbocycles. The Bertz CT molecular complexity index is 1390. The number of phenolic OH excluding ortho intramolecular Hbond substituents is 1. The van der Waals surface area contributed by atoms with E-state index in [1.54, 1.807) is 6.07 Å². The van der Waals surface area contributed by atoms with Gasteiger partial charge in [0.1, 0.15) is 46.9 Å². The summed E-state index contributed by atoms with van der Waals surface area (Å²) in [6, 6.07) is 7.12. The molecule has 6 N–H and O–H groups in total. The molecule has 0 saturated carbocycles. The van der Waals surface area contributed by atoms with Crippen LogP contribution in [0.4, 0.5) is 0 Å². The number of methoxy groups -OCH3 is 1. The fourth-order valence-electron chi connectivity index (χ4n) is 4.32. The summed E-state index contributed by atoms with van der Waals surface area (Å²) in [7, 11) is 1.33. The summed E-state index contributed by atoms with van der Waals surface area (Å²) in [4.78, 5) is 13.7. The quantitative estimate of drug-likeness (QED) is 0.166. The maximum Gasteiger partial charge on any atom is 0.239 e. The second-order valence-electron chi connectivity index (χ2n) is 9.36. The maximum atomic E-state index is 13.7. The van der Waals surface area contributed by atoms with E-state index < -0.39 is 42.7 Å². The number of hydrogen-bond acceptors (Lipinski definition) is 13. The lowest BCUT2D eigenvalue weighted by atomic mass is 9.99. The van der Waals surface area contributed by atoms with Crippen LogP contribution in [0.15, 0.2) is 39.5 Å². The van der Waals surface area contributed by atoms with Crippen molar-refractivity contribution in [3.05, 3.63) is 40.6 Å². The lowest BCUT2D eigenvalue weighted by Gasteiger charge is -2.39. The fraction of sp³-hybridized carbons (Fsp3) is 0.464. The summed E-state index contributed by atoms with van der Waals surface area (Å²) in [6.45, 7) is 1.57. The van der Waals surface area contributed by atoms with Crippen molar-refractivity contribution in [3.63, 3.8) is 0 Å². The molecular weight excluding hydrogens is 544 g/mol. The van der Waals surface area contributed by atoms with Gasteiger partial charge < -0.3 is 58.7 Å². The van der Waals surface area contributed by atoms with E-state index in [9.17, 15) is 30.3 Å². The van der Waals surface area contributed by atoms with Gasteiger partial charge in [-0.2, -0.15) is 0 Å². The molecule has 13 heteroatoms. The van der Waals surface area contributed by atoms with E-state index in [0.29, 0.717) is 18.4 Å². The number of hydrogen-bond donors (Lipinski definition) is 6. The molecule has 1 aliphatic rings. The van der Waals surface area contributed by atoms with Gasteiger partial charge in [0.2, 0.25) is 17.5 Å². The first-order valence-electron chi connectivity index (χ1n) is 13.1. The Labute approximate surface area is 234 Å². The zero-order valence-electron chi connectivity index (χ0n) is 22.6. The smallest absolute Gasteiger partial charge is 0.239 e. The van der Waals surface area contributed by atoms with E-state index in [4.69, 9.17) is 33.2 Å². The first-order valence-corrected chi connectivity index (χ1v) is 13.1. The predicted octanol–water partition coefficient (Wildman–Crippen LogP) is 0.903. The number of aliphatic hydroxyl groups excluding tert-OH is 5. The number of benzene rings is 2. The minimum Gasteiger partial charge on any atom is -0.504 e. The Balaban J connectivity index is 1.79. The Morgan fingerprint density at radius 1 is 0.951 bits per heavy atom. The van der Waals surface area contributed by atoms with Crippen molar-refractivity contribution in [1.29, 1.82) is 0 Å². The highest BCUT2D eigenvalue weighted by Crippen LogP contribution is 2.39. The summed E-state index contributed by atoms with van der Waals surface area (Å²) in [5, 5.41) is 59.5. The largest absolute Gasteiger partial charge is 0.504 e. The van der Waals surface area contributed by atoms with Crippen LogP contribution < -0.4 is 24.4 Å². The lowest BCUT2D eigenvalue weighted by molar-refractivity contribution is -0.277. The minimum absolute atomic E-state index is 0.00977. The number of rotatable bonds is 12. The van der Waals surface area contributed by atoms with Crippen LogP contribution in [-0.2, 0) is 4.74 Å². The summed E-state index contributed by atoms with van der Waals surface area (Å²) >= 11 is 0. The topological polar surface area (TPSA) is 198 Å². The third kappa shape index (κ3) is 6.35. The third-order valence-electron chi connectivity index (χ3n) is 6.44. The van der Waals surface area contributed by atoms with Gasteiger partial charge in [0.05, 0.1) is 26.9 Å². The standard InChI is InChI=1S/C28H34O13/c1-3-8-38-27-23(33)21-18(36-2)11-15(39-28-25(35)24(34)22(32)20(13-30)41-28)12-19(21)40-26(27)14-5-6-17(16(31)10-14)37-9-4-7-29/h5-6,10-12,20,22,24-25,28-32,34-35H,3-4,7-9,13H2,1-2H3/t20?,22-,24?,25+,28-/m1/s1. The van der Waals surface area contributed by atoms with Crippen molar-refractivity contribution in [2.45, 2.75) is 50.5 Å². The van der Waals surface area contributed by atoms with E-state index in [1.807, 2.05) is 6.92 Å². The van der Waals surface area contributed by atoms with Crippen molar-refractivity contribution >= 4 is 11.0 Å². The highest BCUT2D eigenvalue weighted by molar-refractivity contribution is 5.88. The van der Waals surface area contributed by atoms with E-state index in [1.165, 1.54) is 31.4 Å². The van der Waals surface area contributed by atoms with Crippen LogP contribution in [0.2, 0.25) is 0 Å². The molecule has 224 valence electrons. The Kier molecular flexibility index (Phi) is 9.91. The second kappa shape index (κ2) is 13.4. The van der Waals surface area contributed by atoms with Crippen LogP contribution in [0.25, 0.3) is 22.3 Å². The molecule has 1 aromatic heterocycles. The van der Waals surface area contributed by atoms with Crippen molar-refractivity contribution in [3.8, 4) is 40.1 Å². The Hall–Kier alpha value is -3.59. The zero-order chi connectivity index (χ0) is 29.7. The van der Waals surface area contributed by atoms with Gasteiger partial charge in [0, 0.05) is 30.7 Å². The Morgan fingerprint density at radius 3 is 2.39 bits per heavy atom. The summed E-state index contributed by atoms with van der Waals surface area (Å²) < 4.78 is 34.0. The molecule has 41 heavy (non-hydrogen) atoms. The first kappa shape index (κ1) is 30.4. The van der Waals surface area contributed by atoms with Gasteiger partial charge in [0.25, 0.3) is 0 Å². The van der Waals surface area contributed by atoms with Crippen molar-refractivity contribution in [1.82, 2.24) is 0 Å². The molecular formula is C28H34O13. The van der Waals surface area contributed by atoms with Gasteiger partial charge >= 0.3 is 0 Å². The van der Waals surface area contributed by atoms with E-state index in [2.05, 4.69) is 0 Å². The molecule has 4 rings (SSSR count). The van der Waals surface area contributed by atoms with Crippen LogP contribution in [0, 0.1) is 0 Å². The van der Waals surface area contributed by atoms with Gasteiger partial charge in [-0.15, -0.1) is 0 Å². The average molecular weight is 579 g/mol. The molecule has 1 aliphatic heterocycles. The second-order valence-corrected chi connectivity index (χ2v) is 9.36. The minimum atomic E-state index is -1.66. The van der Waals surface area contributed by atoms with Gasteiger partial charge in [-0.05, 0) is 24.6 Å². The molecule has 0 spiro atoms. The van der Waals surface area contributed by atoms with Crippen LogP contribution >= 0.6 is 0 Å². The summed E-state index contributed by atoms with van der Waals surface area (Å²) in [5.41, 5.74) is -0.231. The predicted molar refractivity (Wildman–Crippen MR) is 144 cm³/mol. The highest BCUT2D eigenvalue weighted by atomic mass is 16.7. The molecule has 3 aromatic rings. The van der Waals surface area contributed by atoms with E-state index >= 15 is 0 Å². The third-order valence-corrected chi connectivity index (χ3v) is 6.44. The van der Waals surface area contributed by atoms with Gasteiger partial charge in [-0.25, -0.2) is 0 Å². The summed E-state index contributed by atoms with van der Waals surface area (Å²) in [5.74, 6) is -0.0568. The van der Waals surface area contributed by atoms with Crippen LogP contribution in [0.1, 0.15) is 19.8 Å². The van der Waals surface area contributed by atoms with E-state index in [0.717, 1.165) is 0 Å². The maximum absolute atomic E-state index is 13.7. The molecule has 2 unspecified atom stereocenters. The Morgan fingerprint density at radius 2 is 1.73 bits per heavy atom. The molecule has 0 amide bonds.